The number of ether oxygens (including phenoxy) is 1. The largest absolute Gasteiger partial charge is 0.469 e. The number of hydrogen-bond acceptors (Lipinski definition) is 5. The van der Waals surface area contributed by atoms with Crippen LogP contribution in [0.2, 0.25) is 0 Å². The molecule has 0 saturated heterocycles. The Morgan fingerprint density at radius 1 is 0.878 bits per heavy atom. The molecule has 0 fully saturated rings. The van der Waals surface area contributed by atoms with Crippen molar-refractivity contribution in [3.05, 3.63) is 101 Å². The van der Waals surface area contributed by atoms with Crippen molar-refractivity contribution < 1.29 is 13.2 Å². The van der Waals surface area contributed by atoms with E-state index in [1.54, 1.807) is 12.1 Å². The molecule has 0 spiro atoms. The fourth-order valence-corrected chi connectivity index (χ4v) is 6.55. The van der Waals surface area contributed by atoms with Gasteiger partial charge in [0.25, 0.3) is 10.0 Å². The van der Waals surface area contributed by atoms with Gasteiger partial charge in [-0.25, -0.2) is 17.7 Å². The maximum atomic E-state index is 13.8. The summed E-state index contributed by atoms with van der Waals surface area (Å²) in [6, 6.07) is 23.7. The summed E-state index contributed by atoms with van der Waals surface area (Å²) in [5.74, 6) is 0.426. The van der Waals surface area contributed by atoms with E-state index < -0.39 is 10.0 Å². The van der Waals surface area contributed by atoms with Gasteiger partial charge in [0.1, 0.15) is 6.10 Å². The zero-order valence-corrected chi connectivity index (χ0v) is 25.6. The quantitative estimate of drug-likeness (QED) is 0.247. The number of anilines is 1. The van der Waals surface area contributed by atoms with Gasteiger partial charge in [-0.15, -0.1) is 0 Å². The number of aryl methyl sites for hydroxylation is 3. The van der Waals surface area contributed by atoms with Crippen molar-refractivity contribution >= 4 is 16.0 Å². The first-order valence-electron chi connectivity index (χ1n) is 14.2. The normalized spacial score (nSPS) is 17.4. The minimum absolute atomic E-state index is 0.0507. The predicted octanol–water partition coefficient (Wildman–Crippen LogP) is 7.73. The van der Waals surface area contributed by atoms with Gasteiger partial charge in [-0.05, 0) is 84.9 Å². The average Bonchev–Trinajstić information content (AvgIpc) is 2.93. The van der Waals surface area contributed by atoms with Crippen molar-refractivity contribution in [3.63, 3.8) is 0 Å². The zero-order valence-electron chi connectivity index (χ0n) is 24.8. The summed E-state index contributed by atoms with van der Waals surface area (Å²) in [5, 5.41) is 0. The first-order chi connectivity index (χ1) is 19.4. The average molecular weight is 570 g/mol. The Bertz CT molecular complexity index is 1640. The van der Waals surface area contributed by atoms with E-state index in [1.165, 1.54) is 12.6 Å². The van der Waals surface area contributed by atoms with Gasteiger partial charge in [0, 0.05) is 18.7 Å². The Balaban J connectivity index is 1.66. The molecule has 0 saturated carbocycles. The Kier molecular flexibility index (Phi) is 7.93. The van der Waals surface area contributed by atoms with Gasteiger partial charge in [-0.2, -0.15) is 4.98 Å². The Labute approximate surface area is 244 Å². The molecule has 0 amide bonds. The first-order valence-corrected chi connectivity index (χ1v) is 15.7. The van der Waals surface area contributed by atoms with Crippen LogP contribution in [0.5, 0.6) is 5.88 Å². The molecular formula is C34H39N3O3S. The lowest BCUT2D eigenvalue weighted by Crippen LogP contribution is -2.29. The maximum absolute atomic E-state index is 13.8. The minimum Gasteiger partial charge on any atom is -0.469 e. The molecule has 1 aliphatic heterocycles. The zero-order chi connectivity index (χ0) is 29.4. The highest BCUT2D eigenvalue weighted by Gasteiger charge is 2.27. The molecule has 1 unspecified atom stereocenters. The molecule has 1 aliphatic rings. The molecule has 7 heteroatoms. The molecule has 6 nitrogen and oxygen atoms in total. The van der Waals surface area contributed by atoms with E-state index in [1.807, 2.05) is 50.2 Å². The molecule has 0 aliphatic carbocycles. The van der Waals surface area contributed by atoms with E-state index in [0.29, 0.717) is 11.6 Å². The van der Waals surface area contributed by atoms with Crippen molar-refractivity contribution in [1.82, 2.24) is 9.97 Å². The Morgan fingerprint density at radius 3 is 2.24 bits per heavy atom. The van der Waals surface area contributed by atoms with Crippen LogP contribution in [-0.2, 0) is 21.9 Å². The van der Waals surface area contributed by atoms with Crippen LogP contribution in [0.4, 0.5) is 5.95 Å². The van der Waals surface area contributed by atoms with E-state index in [-0.39, 0.29) is 22.4 Å². The molecule has 2 heterocycles. The number of hydrogen-bond donors (Lipinski definition) is 0. The van der Waals surface area contributed by atoms with Crippen LogP contribution in [0, 0.1) is 13.8 Å². The van der Waals surface area contributed by atoms with Gasteiger partial charge in [0.15, 0.2) is 0 Å². The standard InChI is InChI=1S/C34H39N3O3S/c1-23-11-9-12-24(2)32(23)29-22-31-36-33(35-29)37(6)41(38,39)28-15-10-14-25(21-28)13-7-8-16-30(40-31)26-17-19-27(20-18-26)34(3,4)5/h9-12,14-15,17-22,30H,7-8,13,16H2,1-6H3. The van der Waals surface area contributed by atoms with Crippen LogP contribution >= 0.6 is 0 Å². The van der Waals surface area contributed by atoms with Crippen LogP contribution in [0.25, 0.3) is 11.3 Å². The van der Waals surface area contributed by atoms with Crippen LogP contribution in [0.1, 0.15) is 74.0 Å². The summed E-state index contributed by atoms with van der Waals surface area (Å²) in [7, 11) is -2.39. The fourth-order valence-electron chi connectivity index (χ4n) is 5.38. The topological polar surface area (TPSA) is 72.4 Å². The van der Waals surface area contributed by atoms with E-state index in [4.69, 9.17) is 9.72 Å². The molecule has 0 radical (unpaired) electrons. The van der Waals surface area contributed by atoms with Crippen LogP contribution in [0.3, 0.4) is 0 Å². The van der Waals surface area contributed by atoms with Crippen LogP contribution < -0.4 is 9.04 Å². The summed E-state index contributed by atoms with van der Waals surface area (Å²) in [6.45, 7) is 10.7. The second-order valence-electron chi connectivity index (χ2n) is 12.0. The van der Waals surface area contributed by atoms with Crippen molar-refractivity contribution in [2.45, 2.75) is 76.7 Å². The second kappa shape index (κ2) is 11.3. The third-order valence-corrected chi connectivity index (χ3v) is 9.59. The van der Waals surface area contributed by atoms with Gasteiger partial charge >= 0.3 is 0 Å². The van der Waals surface area contributed by atoms with E-state index in [0.717, 1.165) is 57.8 Å². The van der Waals surface area contributed by atoms with Gasteiger partial charge in [-0.1, -0.05) is 75.4 Å². The molecule has 41 heavy (non-hydrogen) atoms. The molecule has 4 bridgehead atoms. The molecule has 5 rings (SSSR count). The smallest absolute Gasteiger partial charge is 0.266 e. The molecule has 0 N–H and O–H groups in total. The summed E-state index contributed by atoms with van der Waals surface area (Å²) in [4.78, 5) is 9.67. The monoisotopic (exact) mass is 569 g/mol. The lowest BCUT2D eigenvalue weighted by atomic mass is 9.86. The second-order valence-corrected chi connectivity index (χ2v) is 14.0. The van der Waals surface area contributed by atoms with Gasteiger partial charge < -0.3 is 4.74 Å². The molecule has 3 aromatic carbocycles. The lowest BCUT2D eigenvalue weighted by molar-refractivity contribution is 0.183. The Morgan fingerprint density at radius 2 is 1.56 bits per heavy atom. The summed E-state index contributed by atoms with van der Waals surface area (Å²) in [6.07, 6.45) is 3.20. The summed E-state index contributed by atoms with van der Waals surface area (Å²) >= 11 is 0. The number of rotatable bonds is 2. The molecule has 214 valence electrons. The third kappa shape index (κ3) is 6.15. The fraction of sp³-hybridized carbons (Fsp3) is 0.353. The van der Waals surface area contributed by atoms with E-state index >= 15 is 0 Å². The van der Waals surface area contributed by atoms with E-state index in [9.17, 15) is 8.42 Å². The first kappa shape index (κ1) is 28.8. The van der Waals surface area contributed by atoms with Crippen molar-refractivity contribution in [3.8, 4) is 17.1 Å². The molecular weight excluding hydrogens is 530 g/mol. The van der Waals surface area contributed by atoms with Crippen LogP contribution in [0.15, 0.2) is 77.7 Å². The number of aromatic nitrogens is 2. The highest BCUT2D eigenvalue weighted by molar-refractivity contribution is 7.92. The maximum Gasteiger partial charge on any atom is 0.266 e. The van der Waals surface area contributed by atoms with Gasteiger partial charge in [0.2, 0.25) is 11.8 Å². The van der Waals surface area contributed by atoms with E-state index in [2.05, 4.69) is 50.0 Å². The summed E-state index contributed by atoms with van der Waals surface area (Å²) in [5.41, 5.74) is 7.04. The summed E-state index contributed by atoms with van der Waals surface area (Å²) < 4.78 is 35.3. The SMILES string of the molecule is Cc1cccc(C)c1-c1cc2nc(n1)N(C)S(=O)(=O)c1cccc(c1)CCCCC(c1ccc(C(C)(C)C)cc1)O2. The van der Waals surface area contributed by atoms with Crippen molar-refractivity contribution in [1.29, 1.82) is 0 Å². The highest BCUT2D eigenvalue weighted by atomic mass is 32.2. The predicted molar refractivity (Wildman–Crippen MR) is 165 cm³/mol. The number of nitrogens with zero attached hydrogens (tertiary/aromatic N) is 3. The van der Waals surface area contributed by atoms with Crippen molar-refractivity contribution in [2.24, 2.45) is 0 Å². The molecule has 1 aromatic heterocycles. The van der Waals surface area contributed by atoms with Gasteiger partial charge in [0.05, 0.1) is 10.6 Å². The highest BCUT2D eigenvalue weighted by Crippen LogP contribution is 2.34. The van der Waals surface area contributed by atoms with Crippen LogP contribution in [-0.4, -0.2) is 25.4 Å². The molecule has 1 atom stereocenters. The van der Waals surface area contributed by atoms with Crippen molar-refractivity contribution in [2.75, 3.05) is 11.4 Å². The third-order valence-electron chi connectivity index (χ3n) is 7.86. The molecule has 4 aromatic rings. The number of benzene rings is 3. The lowest BCUT2D eigenvalue weighted by Gasteiger charge is -2.24. The number of fused-ring (bicyclic) bond motifs is 4. The number of sulfonamides is 1. The minimum atomic E-state index is -3.90. The van der Waals surface area contributed by atoms with Gasteiger partial charge in [-0.3, -0.25) is 0 Å². The Hall–Kier alpha value is -3.71.